The molecule has 1 aliphatic heterocycles. The van der Waals surface area contributed by atoms with Gasteiger partial charge in [0.15, 0.2) is 5.76 Å². The lowest BCUT2D eigenvalue weighted by Gasteiger charge is -2.28. The third kappa shape index (κ3) is 2.84. The first-order chi connectivity index (χ1) is 10.2. The Morgan fingerprint density at radius 2 is 2.00 bits per heavy atom. The molecule has 2 aromatic rings. The Morgan fingerprint density at radius 1 is 1.24 bits per heavy atom. The molecular formula is C16H17NO4. The number of rotatable bonds is 3. The molecule has 0 radical (unpaired) electrons. The Labute approximate surface area is 122 Å². The molecule has 0 fully saturated rings. The molecule has 5 heteroatoms. The number of aromatic hydroxyl groups is 1. The predicted molar refractivity (Wildman–Crippen MR) is 76.8 cm³/mol. The van der Waals surface area contributed by atoms with Crippen molar-refractivity contribution in [3.63, 3.8) is 0 Å². The highest BCUT2D eigenvalue weighted by Crippen LogP contribution is 2.22. The van der Waals surface area contributed by atoms with Crippen LogP contribution < -0.4 is 5.43 Å². The molecule has 2 heterocycles. The highest BCUT2D eigenvalue weighted by atomic mass is 16.4. The summed E-state index contributed by atoms with van der Waals surface area (Å²) >= 11 is 0. The van der Waals surface area contributed by atoms with Gasteiger partial charge >= 0.3 is 0 Å². The van der Waals surface area contributed by atoms with Crippen molar-refractivity contribution in [2.75, 3.05) is 6.54 Å². The Bertz CT molecular complexity index is 708. The Balaban J connectivity index is 1.82. The normalized spacial score (nSPS) is 14.9. The average Bonchev–Trinajstić information content (AvgIpc) is 2.51. The van der Waals surface area contributed by atoms with Crippen LogP contribution in [0.25, 0.3) is 0 Å². The molecule has 0 saturated carbocycles. The van der Waals surface area contributed by atoms with Crippen LogP contribution in [0.3, 0.4) is 0 Å². The van der Waals surface area contributed by atoms with Crippen molar-refractivity contribution < 1.29 is 14.6 Å². The van der Waals surface area contributed by atoms with Crippen molar-refractivity contribution in [2.24, 2.45) is 0 Å². The number of aliphatic hydroxyl groups excluding tert-OH is 1. The lowest BCUT2D eigenvalue weighted by molar-refractivity contribution is 0.196. The van der Waals surface area contributed by atoms with Crippen LogP contribution >= 0.6 is 0 Å². The molecule has 0 amide bonds. The first-order valence-corrected chi connectivity index (χ1v) is 6.92. The molecule has 1 aromatic carbocycles. The largest absolute Gasteiger partial charge is 0.502 e. The second-order valence-electron chi connectivity index (χ2n) is 5.24. The smallest absolute Gasteiger partial charge is 0.227 e. The van der Waals surface area contributed by atoms with Gasteiger partial charge in [0.1, 0.15) is 12.4 Å². The summed E-state index contributed by atoms with van der Waals surface area (Å²) in [5.74, 6) is 0.0159. The van der Waals surface area contributed by atoms with Gasteiger partial charge in [-0.25, -0.2) is 0 Å². The van der Waals surface area contributed by atoms with E-state index in [1.54, 1.807) is 0 Å². The maximum atomic E-state index is 11.6. The molecule has 1 aliphatic rings. The molecule has 0 aliphatic carbocycles. The van der Waals surface area contributed by atoms with E-state index in [1.165, 1.54) is 11.1 Å². The summed E-state index contributed by atoms with van der Waals surface area (Å²) in [4.78, 5) is 13.7. The van der Waals surface area contributed by atoms with E-state index in [9.17, 15) is 9.90 Å². The highest BCUT2D eigenvalue weighted by Gasteiger charge is 2.19. The van der Waals surface area contributed by atoms with Crippen LogP contribution in [0.1, 0.15) is 22.6 Å². The summed E-state index contributed by atoms with van der Waals surface area (Å²) in [6.45, 7) is 1.58. The van der Waals surface area contributed by atoms with Crippen molar-refractivity contribution in [3.8, 4) is 5.75 Å². The van der Waals surface area contributed by atoms with E-state index < -0.39 is 5.43 Å². The molecule has 0 bridgehead atoms. The lowest BCUT2D eigenvalue weighted by atomic mass is 10.00. The summed E-state index contributed by atoms with van der Waals surface area (Å²) in [7, 11) is 0. The molecule has 2 N–H and O–H groups in total. The predicted octanol–water partition coefficient (Wildman–Crippen LogP) is 1.40. The molecule has 1 aromatic heterocycles. The van der Waals surface area contributed by atoms with Gasteiger partial charge < -0.3 is 14.6 Å². The first kappa shape index (κ1) is 13.9. The minimum atomic E-state index is -0.516. The van der Waals surface area contributed by atoms with Crippen molar-refractivity contribution >= 4 is 0 Å². The Hall–Kier alpha value is -2.11. The van der Waals surface area contributed by atoms with E-state index in [-0.39, 0.29) is 23.9 Å². The van der Waals surface area contributed by atoms with Crippen LogP contribution in [-0.4, -0.2) is 21.7 Å². The number of benzene rings is 1. The summed E-state index contributed by atoms with van der Waals surface area (Å²) in [6.07, 6.45) is 0.931. The van der Waals surface area contributed by atoms with Gasteiger partial charge in [-0.3, -0.25) is 9.69 Å². The zero-order valence-corrected chi connectivity index (χ0v) is 11.6. The lowest BCUT2D eigenvalue weighted by Crippen LogP contribution is -2.30. The van der Waals surface area contributed by atoms with E-state index in [0.717, 1.165) is 25.6 Å². The second kappa shape index (κ2) is 5.71. The SMILES string of the molecule is O=c1cc(CO)oc(CN2CCc3ccccc3C2)c1O. The molecular weight excluding hydrogens is 270 g/mol. The minimum absolute atomic E-state index is 0.171. The Kier molecular flexibility index (Phi) is 3.77. The fourth-order valence-electron chi connectivity index (χ4n) is 2.67. The number of hydrogen-bond acceptors (Lipinski definition) is 5. The van der Waals surface area contributed by atoms with Gasteiger partial charge in [0, 0.05) is 19.2 Å². The third-order valence-corrected chi connectivity index (χ3v) is 3.78. The third-order valence-electron chi connectivity index (χ3n) is 3.78. The van der Waals surface area contributed by atoms with E-state index in [2.05, 4.69) is 17.0 Å². The fourth-order valence-corrected chi connectivity index (χ4v) is 2.67. The summed E-state index contributed by atoms with van der Waals surface area (Å²) in [5, 5.41) is 18.9. The van der Waals surface area contributed by atoms with Crippen molar-refractivity contribution in [3.05, 3.63) is 63.2 Å². The van der Waals surface area contributed by atoms with E-state index in [4.69, 9.17) is 9.52 Å². The van der Waals surface area contributed by atoms with Crippen LogP contribution in [0.15, 0.2) is 39.5 Å². The molecule has 21 heavy (non-hydrogen) atoms. The van der Waals surface area contributed by atoms with Crippen LogP contribution in [0, 0.1) is 0 Å². The molecule has 0 spiro atoms. The minimum Gasteiger partial charge on any atom is -0.502 e. The standard InChI is InChI=1S/C16H17NO4/c18-10-13-7-14(19)16(20)15(21-13)9-17-6-5-11-3-1-2-4-12(11)8-17/h1-4,7,18,20H,5-6,8-10H2. The van der Waals surface area contributed by atoms with Crippen LogP contribution in [0.5, 0.6) is 5.75 Å². The van der Waals surface area contributed by atoms with Gasteiger partial charge in [-0.15, -0.1) is 0 Å². The molecule has 0 unspecified atom stereocenters. The summed E-state index contributed by atoms with van der Waals surface area (Å²) in [6, 6.07) is 9.36. The average molecular weight is 287 g/mol. The molecule has 0 atom stereocenters. The highest BCUT2D eigenvalue weighted by molar-refractivity contribution is 5.30. The van der Waals surface area contributed by atoms with Gasteiger partial charge in [0.25, 0.3) is 0 Å². The van der Waals surface area contributed by atoms with Gasteiger partial charge in [0.05, 0.1) is 6.54 Å². The van der Waals surface area contributed by atoms with Crippen LogP contribution in [-0.2, 0) is 26.1 Å². The van der Waals surface area contributed by atoms with Gasteiger partial charge in [0.2, 0.25) is 11.2 Å². The molecule has 110 valence electrons. The molecule has 0 saturated heterocycles. The van der Waals surface area contributed by atoms with Crippen LogP contribution in [0.2, 0.25) is 0 Å². The summed E-state index contributed by atoms with van der Waals surface area (Å²) in [5.41, 5.74) is 2.07. The first-order valence-electron chi connectivity index (χ1n) is 6.92. The number of fused-ring (bicyclic) bond motifs is 1. The number of nitrogens with zero attached hydrogens (tertiary/aromatic N) is 1. The van der Waals surface area contributed by atoms with Crippen molar-refractivity contribution in [1.29, 1.82) is 0 Å². The van der Waals surface area contributed by atoms with E-state index >= 15 is 0 Å². The topological polar surface area (TPSA) is 73.9 Å². The van der Waals surface area contributed by atoms with E-state index in [0.29, 0.717) is 6.54 Å². The van der Waals surface area contributed by atoms with Crippen LogP contribution in [0.4, 0.5) is 0 Å². The fraction of sp³-hybridized carbons (Fsp3) is 0.312. The summed E-state index contributed by atoms with van der Waals surface area (Å²) < 4.78 is 5.39. The van der Waals surface area contributed by atoms with Gasteiger partial charge in [-0.2, -0.15) is 0 Å². The van der Waals surface area contributed by atoms with Crippen molar-refractivity contribution in [2.45, 2.75) is 26.1 Å². The monoisotopic (exact) mass is 287 g/mol. The zero-order valence-electron chi connectivity index (χ0n) is 11.6. The quantitative estimate of drug-likeness (QED) is 0.892. The molecule has 3 rings (SSSR count). The Morgan fingerprint density at radius 3 is 2.76 bits per heavy atom. The molecule has 5 nitrogen and oxygen atoms in total. The second-order valence-corrected chi connectivity index (χ2v) is 5.24. The maximum Gasteiger partial charge on any atom is 0.227 e. The number of aliphatic hydroxyl groups is 1. The van der Waals surface area contributed by atoms with Gasteiger partial charge in [-0.05, 0) is 17.5 Å². The number of hydrogen-bond donors (Lipinski definition) is 2. The van der Waals surface area contributed by atoms with Gasteiger partial charge in [-0.1, -0.05) is 24.3 Å². The van der Waals surface area contributed by atoms with E-state index in [1.807, 2.05) is 12.1 Å². The maximum absolute atomic E-state index is 11.6. The zero-order chi connectivity index (χ0) is 14.8. The van der Waals surface area contributed by atoms with Crippen molar-refractivity contribution in [1.82, 2.24) is 4.90 Å².